The second-order valence-corrected chi connectivity index (χ2v) is 10.6. The third kappa shape index (κ3) is 10.9. The van der Waals surface area contributed by atoms with Crippen molar-refractivity contribution in [3.63, 3.8) is 0 Å². The average Bonchev–Trinajstić information content (AvgIpc) is 2.74. The van der Waals surface area contributed by atoms with Crippen molar-refractivity contribution in [3.8, 4) is 0 Å². The molecule has 2 unspecified atom stereocenters. The van der Waals surface area contributed by atoms with Crippen molar-refractivity contribution in [3.05, 3.63) is 0 Å². The first kappa shape index (κ1) is 24.7. The van der Waals surface area contributed by atoms with Crippen LogP contribution in [0.15, 0.2) is 0 Å². The molecule has 2 nitrogen and oxygen atoms in total. The van der Waals surface area contributed by atoms with E-state index in [1.54, 1.807) is 0 Å². The van der Waals surface area contributed by atoms with Gasteiger partial charge in [0.25, 0.3) is 0 Å². The fourth-order valence-electron chi connectivity index (χ4n) is 5.62. The van der Waals surface area contributed by atoms with Crippen LogP contribution in [-0.2, 0) is 4.79 Å². The first-order valence-corrected chi connectivity index (χ1v) is 13.5. The van der Waals surface area contributed by atoms with Gasteiger partial charge in [0.15, 0.2) is 0 Å². The summed E-state index contributed by atoms with van der Waals surface area (Å²) in [4.78, 5) is 13.2. The van der Waals surface area contributed by atoms with E-state index in [-0.39, 0.29) is 5.92 Å². The minimum Gasteiger partial charge on any atom is -0.353 e. The van der Waals surface area contributed by atoms with Gasteiger partial charge in [-0.25, -0.2) is 0 Å². The zero-order chi connectivity index (χ0) is 20.7. The predicted molar refractivity (Wildman–Crippen MR) is 126 cm³/mol. The Bertz CT molecular complexity index is 407. The molecule has 29 heavy (non-hydrogen) atoms. The highest BCUT2D eigenvalue weighted by atomic mass is 16.1. The van der Waals surface area contributed by atoms with Crippen LogP contribution in [-0.4, -0.2) is 11.9 Å². The molecule has 1 amide bonds. The monoisotopic (exact) mass is 405 g/mol. The van der Waals surface area contributed by atoms with Gasteiger partial charge in [0, 0.05) is 12.0 Å². The third-order valence-corrected chi connectivity index (χ3v) is 7.77. The highest BCUT2D eigenvalue weighted by Gasteiger charge is 2.22. The Kier molecular flexibility index (Phi) is 13.0. The Morgan fingerprint density at radius 3 is 1.48 bits per heavy atom. The minimum atomic E-state index is 0.269. The Morgan fingerprint density at radius 2 is 0.966 bits per heavy atom. The Hall–Kier alpha value is -0.530. The molecule has 0 saturated heterocycles. The van der Waals surface area contributed by atoms with Crippen LogP contribution < -0.4 is 5.32 Å². The van der Waals surface area contributed by atoms with E-state index < -0.39 is 0 Å². The maximum absolute atomic E-state index is 13.2. The molecule has 1 N–H and O–H groups in total. The van der Waals surface area contributed by atoms with Gasteiger partial charge in [0.05, 0.1) is 0 Å². The number of amides is 1. The van der Waals surface area contributed by atoms with Crippen molar-refractivity contribution in [2.24, 2.45) is 17.8 Å². The lowest BCUT2D eigenvalue weighted by atomic mass is 9.84. The molecule has 2 aliphatic rings. The summed E-state index contributed by atoms with van der Waals surface area (Å²) in [5.41, 5.74) is 0. The summed E-state index contributed by atoms with van der Waals surface area (Å²) in [5.74, 6) is 2.37. The van der Waals surface area contributed by atoms with Crippen LogP contribution in [0.5, 0.6) is 0 Å². The number of carbonyl (C=O) groups is 1. The molecule has 0 radical (unpaired) electrons. The molecule has 0 aromatic heterocycles. The van der Waals surface area contributed by atoms with Gasteiger partial charge in [0.1, 0.15) is 0 Å². The second-order valence-electron chi connectivity index (χ2n) is 10.6. The maximum atomic E-state index is 13.2. The maximum Gasteiger partial charge on any atom is 0.223 e. The van der Waals surface area contributed by atoms with E-state index in [4.69, 9.17) is 0 Å². The molecule has 2 atom stereocenters. The lowest BCUT2D eigenvalue weighted by Gasteiger charge is -2.25. The topological polar surface area (TPSA) is 29.1 Å². The Balaban J connectivity index is 1.83. The Morgan fingerprint density at radius 1 is 0.586 bits per heavy atom. The van der Waals surface area contributed by atoms with Crippen LogP contribution in [0.4, 0.5) is 0 Å². The summed E-state index contributed by atoms with van der Waals surface area (Å²) in [7, 11) is 0. The normalized spacial score (nSPS) is 28.0. The minimum absolute atomic E-state index is 0.269. The van der Waals surface area contributed by atoms with Gasteiger partial charge < -0.3 is 5.32 Å². The van der Waals surface area contributed by atoms with Crippen molar-refractivity contribution in [2.75, 3.05) is 0 Å². The summed E-state index contributed by atoms with van der Waals surface area (Å²) in [6.45, 7) is 4.79. The molecule has 170 valence electrons. The molecular formula is C27H51NO. The highest BCUT2D eigenvalue weighted by molar-refractivity contribution is 5.78. The molecular weight excluding hydrogens is 354 g/mol. The molecule has 2 saturated carbocycles. The average molecular weight is 406 g/mol. The van der Waals surface area contributed by atoms with Gasteiger partial charge in [-0.15, -0.1) is 0 Å². The van der Waals surface area contributed by atoms with E-state index >= 15 is 0 Å². The molecule has 0 aromatic rings. The SMILES string of the molecule is CC(C)C1CCCCCCC(C(=O)NC2CCCCCCCCCC2)CCCC1. The van der Waals surface area contributed by atoms with Gasteiger partial charge >= 0.3 is 0 Å². The van der Waals surface area contributed by atoms with Crippen LogP contribution in [0.25, 0.3) is 0 Å². The summed E-state index contributed by atoms with van der Waals surface area (Å²) in [6, 6.07) is 0.437. The first-order chi connectivity index (χ1) is 14.2. The number of nitrogens with one attached hydrogen (secondary N) is 1. The molecule has 2 heteroatoms. The van der Waals surface area contributed by atoms with Gasteiger partial charge in [-0.05, 0) is 37.5 Å². The van der Waals surface area contributed by atoms with Crippen molar-refractivity contribution in [1.29, 1.82) is 0 Å². The zero-order valence-corrected chi connectivity index (χ0v) is 19.9. The summed E-state index contributed by atoms with van der Waals surface area (Å²) >= 11 is 0. The third-order valence-electron chi connectivity index (χ3n) is 7.77. The first-order valence-electron chi connectivity index (χ1n) is 13.5. The Labute approximate surface area is 182 Å². The summed E-state index contributed by atoms with van der Waals surface area (Å²) in [5, 5.41) is 3.53. The quantitative estimate of drug-likeness (QED) is 0.503. The molecule has 0 bridgehead atoms. The van der Waals surface area contributed by atoms with Crippen LogP contribution in [0.1, 0.15) is 142 Å². The molecule has 2 aliphatic carbocycles. The fraction of sp³-hybridized carbons (Fsp3) is 0.963. The van der Waals surface area contributed by atoms with E-state index in [9.17, 15) is 4.79 Å². The van der Waals surface area contributed by atoms with E-state index in [2.05, 4.69) is 19.2 Å². The second kappa shape index (κ2) is 15.3. The molecule has 2 fully saturated rings. The van der Waals surface area contributed by atoms with Gasteiger partial charge in [-0.2, -0.15) is 0 Å². The van der Waals surface area contributed by atoms with Crippen molar-refractivity contribution in [2.45, 2.75) is 148 Å². The van der Waals surface area contributed by atoms with Crippen LogP contribution in [0, 0.1) is 17.8 Å². The lowest BCUT2D eigenvalue weighted by molar-refractivity contribution is -0.126. The van der Waals surface area contributed by atoms with E-state index in [1.807, 2.05) is 0 Å². The van der Waals surface area contributed by atoms with E-state index in [0.29, 0.717) is 11.9 Å². The van der Waals surface area contributed by atoms with E-state index in [0.717, 1.165) is 24.7 Å². The largest absolute Gasteiger partial charge is 0.353 e. The highest BCUT2D eigenvalue weighted by Crippen LogP contribution is 2.28. The number of carbonyl (C=O) groups excluding carboxylic acids is 1. The predicted octanol–water partition coefficient (Wildman–Crippen LogP) is 8.19. The van der Waals surface area contributed by atoms with Crippen molar-refractivity contribution in [1.82, 2.24) is 5.32 Å². The number of hydrogen-bond donors (Lipinski definition) is 1. The van der Waals surface area contributed by atoms with Crippen molar-refractivity contribution < 1.29 is 4.79 Å². The van der Waals surface area contributed by atoms with Gasteiger partial charge in [0.2, 0.25) is 5.91 Å². The van der Waals surface area contributed by atoms with Crippen LogP contribution >= 0.6 is 0 Å². The molecule has 0 heterocycles. The van der Waals surface area contributed by atoms with E-state index in [1.165, 1.54) is 116 Å². The molecule has 2 rings (SSSR count). The van der Waals surface area contributed by atoms with Crippen molar-refractivity contribution >= 4 is 5.91 Å². The smallest absolute Gasteiger partial charge is 0.223 e. The molecule has 0 aliphatic heterocycles. The van der Waals surface area contributed by atoms with Crippen LogP contribution in [0.2, 0.25) is 0 Å². The standard InChI is InChI=1S/C27H51NO/c1-23(2)24-17-11-9-10-12-19-25(20-16-15-18-24)27(29)28-26-21-13-7-5-3-4-6-8-14-22-26/h23-26H,3-22H2,1-2H3,(H,28,29). The summed E-state index contributed by atoms with van der Waals surface area (Å²) in [6.07, 6.45) is 26.2. The van der Waals surface area contributed by atoms with Gasteiger partial charge in [-0.3, -0.25) is 4.79 Å². The lowest BCUT2D eigenvalue weighted by Crippen LogP contribution is -2.39. The number of rotatable bonds is 3. The molecule has 0 spiro atoms. The fourth-order valence-corrected chi connectivity index (χ4v) is 5.62. The zero-order valence-electron chi connectivity index (χ0n) is 19.9. The molecule has 0 aromatic carbocycles. The van der Waals surface area contributed by atoms with Crippen LogP contribution in [0.3, 0.4) is 0 Å². The summed E-state index contributed by atoms with van der Waals surface area (Å²) < 4.78 is 0. The van der Waals surface area contributed by atoms with Gasteiger partial charge in [-0.1, -0.05) is 117 Å². The number of hydrogen-bond acceptors (Lipinski definition) is 1.